The molecule has 13 heteroatoms. The normalized spacial score (nSPS) is 21.1. The van der Waals surface area contributed by atoms with Crippen LogP contribution in [-0.2, 0) is 27.9 Å². The van der Waals surface area contributed by atoms with Crippen molar-refractivity contribution < 1.29 is 32.9 Å². The summed E-state index contributed by atoms with van der Waals surface area (Å²) >= 11 is 1.39. The van der Waals surface area contributed by atoms with Crippen molar-refractivity contribution in [2.24, 2.45) is 4.99 Å². The van der Waals surface area contributed by atoms with Gasteiger partial charge in [-0.1, -0.05) is 0 Å². The van der Waals surface area contributed by atoms with Crippen LogP contribution in [0.3, 0.4) is 0 Å². The molecule has 2 heterocycles. The highest BCUT2D eigenvalue weighted by atomic mass is 32.2. The van der Waals surface area contributed by atoms with E-state index in [1.165, 1.54) is 68.3 Å². The van der Waals surface area contributed by atoms with E-state index in [-0.39, 0.29) is 17.7 Å². The highest BCUT2D eigenvalue weighted by molar-refractivity contribution is 8.00. The molecule has 31 heavy (non-hydrogen) atoms. The van der Waals surface area contributed by atoms with Crippen molar-refractivity contribution in [2.75, 3.05) is 26.6 Å². The number of esters is 1. The lowest BCUT2D eigenvalue weighted by atomic mass is 10.1. The van der Waals surface area contributed by atoms with Crippen LogP contribution in [0.25, 0.3) is 0 Å². The van der Waals surface area contributed by atoms with Crippen LogP contribution in [-0.4, -0.2) is 65.9 Å². The van der Waals surface area contributed by atoms with E-state index in [1.807, 2.05) is 0 Å². The molecule has 1 amide bonds. The molecule has 0 radical (unpaired) electrons. The van der Waals surface area contributed by atoms with Crippen LogP contribution in [0, 0.1) is 10.1 Å². The molecule has 0 unspecified atom stereocenters. The molecule has 2 aliphatic rings. The summed E-state index contributed by atoms with van der Waals surface area (Å²) < 4.78 is 28.4. The van der Waals surface area contributed by atoms with Crippen molar-refractivity contribution in [2.45, 2.75) is 18.3 Å². The number of thioether (sulfide) groups is 1. The standard InChI is InChI=1S/C18H20N3O8PS/c1-11(22)29-9-13-10-31-18-15(16(23)20(18)17(13)30(26,27-2)28-3)19-8-12-4-6-14(7-5-12)21(24)25/h4-8,15,18H,9-10H2,1-3H3/t15-,18-/m1/s1. The number of carbonyl (C=O) groups is 2. The molecule has 166 valence electrons. The molecule has 0 N–H and O–H groups in total. The van der Waals surface area contributed by atoms with Crippen LogP contribution >= 0.6 is 19.4 Å². The average molecular weight is 469 g/mol. The number of nitrogens with zero attached hydrogens (tertiary/aromatic N) is 3. The van der Waals surface area contributed by atoms with Crippen molar-refractivity contribution in [1.82, 2.24) is 4.90 Å². The third-order valence-corrected chi connectivity index (χ3v) is 8.00. The lowest BCUT2D eigenvalue weighted by Gasteiger charge is -2.49. The highest BCUT2D eigenvalue weighted by Crippen LogP contribution is 2.62. The van der Waals surface area contributed by atoms with Crippen LogP contribution in [0.1, 0.15) is 12.5 Å². The molecule has 0 aliphatic carbocycles. The summed E-state index contributed by atoms with van der Waals surface area (Å²) in [6.07, 6.45) is 1.47. The van der Waals surface area contributed by atoms with E-state index in [9.17, 15) is 24.3 Å². The van der Waals surface area contributed by atoms with Crippen LogP contribution in [0.5, 0.6) is 0 Å². The summed E-state index contributed by atoms with van der Waals surface area (Å²) in [7, 11) is -1.38. The highest BCUT2D eigenvalue weighted by Gasteiger charge is 2.56. The fourth-order valence-corrected chi connectivity index (χ4v) is 6.13. The van der Waals surface area contributed by atoms with Gasteiger partial charge in [0, 0.05) is 50.8 Å². The van der Waals surface area contributed by atoms with Gasteiger partial charge in [-0.3, -0.25) is 34.2 Å². The number of nitro groups is 1. The van der Waals surface area contributed by atoms with Crippen LogP contribution in [0.2, 0.25) is 0 Å². The third-order valence-electron chi connectivity index (χ3n) is 4.67. The molecule has 1 fully saturated rings. The largest absolute Gasteiger partial charge is 0.461 e. The summed E-state index contributed by atoms with van der Waals surface area (Å²) in [4.78, 5) is 40.0. The smallest absolute Gasteiger partial charge is 0.377 e. The maximum absolute atomic E-state index is 13.1. The first-order valence-corrected chi connectivity index (χ1v) is 11.6. The van der Waals surface area contributed by atoms with Gasteiger partial charge in [0.25, 0.3) is 11.6 Å². The van der Waals surface area contributed by atoms with Gasteiger partial charge in [0.05, 0.1) is 4.92 Å². The summed E-state index contributed by atoms with van der Waals surface area (Å²) in [5.74, 6) is -0.568. The number of aliphatic imine (C=N–C) groups is 1. The Morgan fingerprint density at radius 1 is 1.35 bits per heavy atom. The fraction of sp³-hybridized carbons (Fsp3) is 0.389. The Hall–Kier alpha value is -2.53. The Morgan fingerprint density at radius 2 is 2.00 bits per heavy atom. The molecule has 0 spiro atoms. The molecule has 1 aromatic carbocycles. The van der Waals surface area contributed by atoms with E-state index in [0.29, 0.717) is 16.9 Å². The van der Waals surface area contributed by atoms with E-state index in [4.69, 9.17) is 13.8 Å². The van der Waals surface area contributed by atoms with E-state index in [0.717, 1.165) is 0 Å². The minimum absolute atomic E-state index is 0.0455. The Kier molecular flexibility index (Phi) is 6.95. The van der Waals surface area contributed by atoms with Gasteiger partial charge in [-0.2, -0.15) is 0 Å². The molecule has 11 nitrogen and oxygen atoms in total. The Balaban J connectivity index is 1.84. The second-order valence-electron chi connectivity index (χ2n) is 6.55. The molecule has 1 saturated heterocycles. The molecule has 2 atom stereocenters. The van der Waals surface area contributed by atoms with Gasteiger partial charge in [0.2, 0.25) is 0 Å². The van der Waals surface area contributed by atoms with E-state index in [1.54, 1.807) is 0 Å². The molecule has 2 aliphatic heterocycles. The minimum atomic E-state index is -3.81. The molecule has 0 bridgehead atoms. The number of amides is 1. The topological polar surface area (TPSA) is 138 Å². The van der Waals surface area contributed by atoms with Gasteiger partial charge in [0.1, 0.15) is 17.4 Å². The number of non-ortho nitro benzene ring substituents is 1. The lowest BCUT2D eigenvalue weighted by Crippen LogP contribution is -2.63. The van der Waals surface area contributed by atoms with Gasteiger partial charge < -0.3 is 13.8 Å². The Labute approximate surface area is 182 Å². The summed E-state index contributed by atoms with van der Waals surface area (Å²) in [5, 5.41) is 10.3. The van der Waals surface area contributed by atoms with Crippen LogP contribution in [0.15, 0.2) is 40.3 Å². The monoisotopic (exact) mass is 469 g/mol. The number of β-lactam (4-membered cyclic amide) rings is 1. The molecule has 0 saturated carbocycles. The first-order valence-electron chi connectivity index (χ1n) is 9.01. The van der Waals surface area contributed by atoms with Gasteiger partial charge >= 0.3 is 13.6 Å². The zero-order valence-corrected chi connectivity index (χ0v) is 18.6. The van der Waals surface area contributed by atoms with Gasteiger partial charge in [-0.25, -0.2) is 0 Å². The quantitative estimate of drug-likeness (QED) is 0.140. The van der Waals surface area contributed by atoms with E-state index in [2.05, 4.69) is 4.99 Å². The summed E-state index contributed by atoms with van der Waals surface area (Å²) in [6, 6.07) is 5.03. The third kappa shape index (κ3) is 4.57. The van der Waals surface area contributed by atoms with Gasteiger partial charge in [-0.15, -0.1) is 11.8 Å². The van der Waals surface area contributed by atoms with Crippen molar-refractivity contribution in [3.63, 3.8) is 0 Å². The molecule has 3 rings (SSSR count). The predicted octanol–water partition coefficient (Wildman–Crippen LogP) is 2.56. The first kappa shape index (κ1) is 23.1. The number of rotatable bonds is 8. The van der Waals surface area contributed by atoms with E-state index < -0.39 is 35.8 Å². The number of ether oxygens (including phenoxy) is 1. The predicted molar refractivity (Wildman–Crippen MR) is 113 cm³/mol. The van der Waals surface area contributed by atoms with Crippen molar-refractivity contribution >= 4 is 43.1 Å². The average Bonchev–Trinajstić information content (AvgIpc) is 2.76. The Morgan fingerprint density at radius 3 is 2.55 bits per heavy atom. The number of benzene rings is 1. The summed E-state index contributed by atoms with van der Waals surface area (Å²) in [5.41, 5.74) is 1.10. The van der Waals surface area contributed by atoms with Gasteiger partial charge in [0.15, 0.2) is 6.04 Å². The lowest BCUT2D eigenvalue weighted by molar-refractivity contribution is -0.384. The number of fused-ring (bicyclic) bond motifs is 1. The number of nitro benzene ring substituents is 1. The minimum Gasteiger partial charge on any atom is -0.461 e. The van der Waals surface area contributed by atoms with Crippen molar-refractivity contribution in [1.29, 1.82) is 0 Å². The van der Waals surface area contributed by atoms with Crippen LogP contribution in [0.4, 0.5) is 5.69 Å². The zero-order chi connectivity index (χ0) is 22.8. The number of carbonyl (C=O) groups excluding carboxylic acids is 2. The maximum Gasteiger partial charge on any atom is 0.377 e. The molecule has 0 aromatic heterocycles. The zero-order valence-electron chi connectivity index (χ0n) is 16.9. The van der Waals surface area contributed by atoms with Crippen LogP contribution < -0.4 is 0 Å². The number of hydrogen-bond acceptors (Lipinski definition) is 10. The van der Waals surface area contributed by atoms with Gasteiger partial charge in [-0.05, 0) is 17.7 Å². The second-order valence-corrected chi connectivity index (χ2v) is 9.81. The van der Waals surface area contributed by atoms with Crippen molar-refractivity contribution in [3.8, 4) is 0 Å². The fourth-order valence-electron chi connectivity index (χ4n) is 3.11. The Bertz CT molecular complexity index is 1000. The maximum atomic E-state index is 13.1. The SMILES string of the molecule is COP(=O)(OC)C1=C(COC(C)=O)CS[C@@H]2[C@H](N=Cc3ccc([N+](=O)[O-])cc3)C(=O)N12. The molecular weight excluding hydrogens is 449 g/mol. The van der Waals surface area contributed by atoms with Crippen molar-refractivity contribution in [3.05, 3.63) is 51.0 Å². The number of hydrogen-bond donors (Lipinski definition) is 0. The van der Waals surface area contributed by atoms with E-state index >= 15 is 0 Å². The second kappa shape index (κ2) is 9.31. The molecule has 1 aromatic rings. The summed E-state index contributed by atoms with van der Waals surface area (Å²) in [6.45, 7) is 1.12. The molecular formula is C18H20N3O8PS. The first-order chi connectivity index (χ1) is 14.7.